The largest absolute Gasteiger partial charge is 0.488 e. The average molecular weight is 367 g/mol. The number of aliphatic hydroxyl groups is 1. The zero-order valence-corrected chi connectivity index (χ0v) is 14.2. The zero-order valence-electron chi connectivity index (χ0n) is 13.4. The van der Waals surface area contributed by atoms with E-state index in [0.29, 0.717) is 5.75 Å². The van der Waals surface area contributed by atoms with Crippen LogP contribution in [-0.4, -0.2) is 54.8 Å². The third-order valence-corrected chi connectivity index (χ3v) is 4.33. The number of hydrogen-bond donors (Lipinski definition) is 2. The van der Waals surface area contributed by atoms with E-state index in [2.05, 4.69) is 10.2 Å². The lowest BCUT2D eigenvalue weighted by atomic mass is 10.1. The maximum atomic E-state index is 12.9. The molecule has 1 saturated heterocycles. The van der Waals surface area contributed by atoms with Gasteiger partial charge in [0.1, 0.15) is 11.9 Å². The van der Waals surface area contributed by atoms with Crippen molar-refractivity contribution in [2.45, 2.75) is 31.2 Å². The second-order valence-electron chi connectivity index (χ2n) is 6.02. The van der Waals surface area contributed by atoms with Crippen molar-refractivity contribution < 1.29 is 23.0 Å². The van der Waals surface area contributed by atoms with Crippen LogP contribution in [0.4, 0.5) is 18.9 Å². The van der Waals surface area contributed by atoms with Crippen LogP contribution in [0.2, 0.25) is 0 Å². The molecule has 0 amide bonds. The Balaban J connectivity index is 2.15. The number of halogens is 4. The fourth-order valence-electron chi connectivity index (χ4n) is 2.51. The van der Waals surface area contributed by atoms with E-state index in [1.165, 1.54) is 6.07 Å². The van der Waals surface area contributed by atoms with E-state index >= 15 is 0 Å². The number of anilines is 1. The molecule has 0 bridgehead atoms. The summed E-state index contributed by atoms with van der Waals surface area (Å²) in [4.78, 5) is 2.18. The van der Waals surface area contributed by atoms with Gasteiger partial charge in [-0.25, -0.2) is 0 Å². The van der Waals surface area contributed by atoms with Crippen LogP contribution in [0.3, 0.4) is 0 Å². The molecule has 1 unspecified atom stereocenters. The summed E-state index contributed by atoms with van der Waals surface area (Å²) in [5.74, 6) is 0.358. The van der Waals surface area contributed by atoms with Gasteiger partial charge in [0.25, 0.3) is 0 Å². The van der Waals surface area contributed by atoms with Crippen molar-refractivity contribution in [2.24, 2.45) is 0 Å². The summed E-state index contributed by atoms with van der Waals surface area (Å²) in [5.41, 5.74) is -0.547. The van der Waals surface area contributed by atoms with Crippen LogP contribution in [0.25, 0.3) is 0 Å². The van der Waals surface area contributed by atoms with Crippen molar-refractivity contribution in [2.75, 3.05) is 37.9 Å². The van der Waals surface area contributed by atoms with E-state index in [1.807, 2.05) is 7.05 Å². The number of alkyl halides is 4. The molecule has 0 spiro atoms. The highest BCUT2D eigenvalue weighted by molar-refractivity contribution is 6.18. The topological polar surface area (TPSA) is 44.7 Å². The summed E-state index contributed by atoms with van der Waals surface area (Å²) in [6, 6.07) is 3.34. The number of nitrogens with one attached hydrogen (secondary N) is 1. The van der Waals surface area contributed by atoms with Crippen molar-refractivity contribution in [3.8, 4) is 5.75 Å². The highest BCUT2D eigenvalue weighted by Crippen LogP contribution is 2.36. The Labute approximate surface area is 144 Å². The van der Waals surface area contributed by atoms with Crippen LogP contribution >= 0.6 is 11.6 Å². The van der Waals surface area contributed by atoms with Gasteiger partial charge < -0.3 is 20.1 Å². The van der Waals surface area contributed by atoms with Gasteiger partial charge in [0.15, 0.2) is 0 Å². The third kappa shape index (κ3) is 5.43. The summed E-state index contributed by atoms with van der Waals surface area (Å²) >= 11 is 5.53. The minimum absolute atomic E-state index is 0.00287. The second kappa shape index (κ2) is 8.27. The van der Waals surface area contributed by atoms with Gasteiger partial charge in [0.2, 0.25) is 0 Å². The van der Waals surface area contributed by atoms with Gasteiger partial charge in [-0.15, -0.1) is 11.6 Å². The molecule has 1 aromatic rings. The molecule has 1 atom stereocenters. The fourth-order valence-corrected chi connectivity index (χ4v) is 2.62. The number of rotatable bonds is 6. The first kappa shape index (κ1) is 19.1. The SMILES string of the molecule is CN1CCC(Oc2ccc(C(F)(F)F)cc2NCC(O)CCl)CC1. The normalized spacial score (nSPS) is 18.4. The van der Waals surface area contributed by atoms with Crippen LogP contribution in [0, 0.1) is 0 Å². The summed E-state index contributed by atoms with van der Waals surface area (Å²) in [6.45, 7) is 1.83. The smallest absolute Gasteiger partial charge is 0.416 e. The predicted molar refractivity (Wildman–Crippen MR) is 87.8 cm³/mol. The standard InChI is InChI=1S/C16H22ClF3N2O2/c1-22-6-4-13(5-7-22)24-15-3-2-11(16(18,19)20)8-14(15)21-10-12(23)9-17/h2-3,8,12-13,21,23H,4-7,9-10H2,1H3. The van der Waals surface area contributed by atoms with Crippen molar-refractivity contribution in [1.29, 1.82) is 0 Å². The molecule has 8 heteroatoms. The number of benzene rings is 1. The van der Waals surface area contributed by atoms with Crippen molar-refractivity contribution in [3.05, 3.63) is 23.8 Å². The van der Waals surface area contributed by atoms with Gasteiger partial charge in [-0.05, 0) is 38.1 Å². The molecule has 0 aromatic heterocycles. The molecule has 1 aliphatic heterocycles. The minimum atomic E-state index is -4.44. The molecule has 1 aromatic carbocycles. The Bertz CT molecular complexity index is 535. The van der Waals surface area contributed by atoms with Gasteiger partial charge in [-0.2, -0.15) is 13.2 Å². The Morgan fingerprint density at radius 3 is 2.62 bits per heavy atom. The monoisotopic (exact) mass is 366 g/mol. The van der Waals surface area contributed by atoms with E-state index in [1.54, 1.807) is 0 Å². The molecule has 24 heavy (non-hydrogen) atoms. The minimum Gasteiger partial charge on any atom is -0.488 e. The fraction of sp³-hybridized carbons (Fsp3) is 0.625. The Kier molecular flexibility index (Phi) is 6.60. The number of ether oxygens (including phenoxy) is 1. The Morgan fingerprint density at radius 2 is 2.04 bits per heavy atom. The number of nitrogens with zero attached hydrogens (tertiary/aromatic N) is 1. The van der Waals surface area contributed by atoms with Crippen LogP contribution in [0.1, 0.15) is 18.4 Å². The van der Waals surface area contributed by atoms with Crippen LogP contribution in [0.15, 0.2) is 18.2 Å². The summed E-state index contributed by atoms with van der Waals surface area (Å²) in [7, 11) is 2.02. The molecule has 0 radical (unpaired) electrons. The van der Waals surface area contributed by atoms with Crippen molar-refractivity contribution >= 4 is 17.3 Å². The maximum Gasteiger partial charge on any atom is 0.416 e. The summed E-state index contributed by atoms with van der Waals surface area (Å²) < 4.78 is 44.7. The maximum absolute atomic E-state index is 12.9. The number of hydrogen-bond acceptors (Lipinski definition) is 4. The van der Waals surface area contributed by atoms with Gasteiger partial charge in [-0.3, -0.25) is 0 Å². The predicted octanol–water partition coefficient (Wildman–Crippen LogP) is 3.19. The second-order valence-corrected chi connectivity index (χ2v) is 6.33. The molecule has 0 aliphatic carbocycles. The molecule has 136 valence electrons. The first-order valence-corrected chi connectivity index (χ1v) is 8.37. The van der Waals surface area contributed by atoms with Gasteiger partial charge in [0, 0.05) is 19.6 Å². The lowest BCUT2D eigenvalue weighted by Gasteiger charge is -2.30. The van der Waals surface area contributed by atoms with Crippen molar-refractivity contribution in [3.63, 3.8) is 0 Å². The summed E-state index contributed by atoms with van der Waals surface area (Å²) in [6.07, 6.45) is -3.68. The molecular weight excluding hydrogens is 345 g/mol. The Hall–Kier alpha value is -1.18. The molecule has 2 N–H and O–H groups in total. The highest BCUT2D eigenvalue weighted by Gasteiger charge is 2.31. The lowest BCUT2D eigenvalue weighted by Crippen LogP contribution is -2.35. The van der Waals surface area contributed by atoms with E-state index in [9.17, 15) is 18.3 Å². The average Bonchev–Trinajstić information content (AvgIpc) is 2.54. The van der Waals surface area contributed by atoms with Gasteiger partial charge in [0.05, 0.1) is 23.2 Å². The quantitative estimate of drug-likeness (QED) is 0.759. The van der Waals surface area contributed by atoms with Crippen molar-refractivity contribution in [1.82, 2.24) is 4.90 Å². The first-order valence-electron chi connectivity index (χ1n) is 7.84. The summed E-state index contributed by atoms with van der Waals surface area (Å²) in [5, 5.41) is 12.3. The van der Waals surface area contributed by atoms with Crippen LogP contribution < -0.4 is 10.1 Å². The van der Waals surface area contributed by atoms with E-state index in [-0.39, 0.29) is 24.2 Å². The molecule has 1 heterocycles. The molecule has 4 nitrogen and oxygen atoms in total. The Morgan fingerprint density at radius 1 is 1.38 bits per heavy atom. The van der Waals surface area contributed by atoms with Crippen LogP contribution in [0.5, 0.6) is 5.75 Å². The molecule has 2 rings (SSSR count). The van der Waals surface area contributed by atoms with Gasteiger partial charge in [-0.1, -0.05) is 0 Å². The van der Waals surface area contributed by atoms with E-state index in [0.717, 1.165) is 38.1 Å². The van der Waals surface area contributed by atoms with Crippen LogP contribution in [-0.2, 0) is 6.18 Å². The lowest BCUT2D eigenvalue weighted by molar-refractivity contribution is -0.137. The molecule has 1 fully saturated rings. The molecular formula is C16H22ClF3N2O2. The molecule has 1 aliphatic rings. The molecule has 0 saturated carbocycles. The number of piperidine rings is 1. The number of aliphatic hydroxyl groups excluding tert-OH is 1. The van der Waals surface area contributed by atoms with Gasteiger partial charge >= 0.3 is 6.18 Å². The first-order chi connectivity index (χ1) is 11.3. The third-order valence-electron chi connectivity index (χ3n) is 3.97. The highest BCUT2D eigenvalue weighted by atomic mass is 35.5. The van der Waals surface area contributed by atoms with E-state index in [4.69, 9.17) is 16.3 Å². The van der Waals surface area contributed by atoms with E-state index < -0.39 is 17.8 Å². The number of likely N-dealkylation sites (tertiary alicyclic amines) is 1. The zero-order chi connectivity index (χ0) is 17.7.